The molecule has 0 aromatic heterocycles. The molecule has 0 aliphatic carbocycles. The maximum Gasteiger partial charge on any atom is 0.0113 e. The van der Waals surface area contributed by atoms with Gasteiger partial charge in [0.05, 0.1) is 0 Å². The fourth-order valence-electron chi connectivity index (χ4n) is 0.887. The van der Waals surface area contributed by atoms with Crippen molar-refractivity contribution < 1.29 is 0 Å². The molecular formula is C7H15N. The zero-order valence-corrected chi connectivity index (χ0v) is 6.02. The van der Waals surface area contributed by atoms with E-state index in [0.29, 0.717) is 0 Å². The first-order valence-electron chi connectivity index (χ1n) is 3.46. The Morgan fingerprint density at radius 3 is 1.75 bits per heavy atom. The van der Waals surface area contributed by atoms with Gasteiger partial charge in [0.2, 0.25) is 0 Å². The molecule has 1 nitrogen and oxygen atoms in total. The molecule has 0 spiro atoms. The largest absolute Gasteiger partial charge is 0.298 e. The van der Waals surface area contributed by atoms with Gasteiger partial charge in [0, 0.05) is 19.1 Å². The minimum absolute atomic E-state index is 0.815. The molecule has 1 heteroatoms. The lowest BCUT2D eigenvalue weighted by Gasteiger charge is -2.15. The molecule has 1 saturated heterocycles. The number of nitrogens with zero attached hydrogens (tertiary/aromatic N) is 1. The van der Waals surface area contributed by atoms with Gasteiger partial charge in [-0.1, -0.05) is 13.8 Å². The quantitative estimate of drug-likeness (QED) is 0.488. The molecule has 1 aliphatic heterocycles. The van der Waals surface area contributed by atoms with Gasteiger partial charge >= 0.3 is 0 Å². The molecule has 1 fully saturated rings. The third kappa shape index (κ3) is 1.22. The molecule has 0 radical (unpaired) electrons. The average Bonchev–Trinajstić information content (AvgIpc) is 2.43. The van der Waals surface area contributed by atoms with Gasteiger partial charge in [-0.15, -0.1) is 0 Å². The van der Waals surface area contributed by atoms with Crippen LogP contribution in [0, 0.1) is 5.92 Å². The standard InChI is InChI=1S/C7H15N/c1-6(2)7(3)8-4-5-8/h6-7H,4-5H2,1-3H3. The van der Waals surface area contributed by atoms with Crippen LogP contribution in [0.2, 0.25) is 0 Å². The third-order valence-electron chi connectivity index (χ3n) is 2.02. The van der Waals surface area contributed by atoms with Gasteiger partial charge < -0.3 is 0 Å². The minimum atomic E-state index is 0.815. The molecule has 1 atom stereocenters. The molecule has 1 rings (SSSR count). The Bertz CT molecular complexity index is 72.5. The van der Waals surface area contributed by atoms with E-state index in [4.69, 9.17) is 0 Å². The number of rotatable bonds is 2. The van der Waals surface area contributed by atoms with Crippen LogP contribution in [-0.2, 0) is 0 Å². The normalized spacial score (nSPS) is 24.0. The Kier molecular flexibility index (Phi) is 1.57. The van der Waals surface area contributed by atoms with E-state index in [1.807, 2.05) is 0 Å². The molecule has 48 valence electrons. The fraction of sp³-hybridized carbons (Fsp3) is 1.00. The summed E-state index contributed by atoms with van der Waals surface area (Å²) in [7, 11) is 0. The predicted molar refractivity (Wildman–Crippen MR) is 35.9 cm³/mol. The number of hydrogen-bond donors (Lipinski definition) is 0. The summed E-state index contributed by atoms with van der Waals surface area (Å²) >= 11 is 0. The van der Waals surface area contributed by atoms with Gasteiger partial charge in [-0.2, -0.15) is 0 Å². The van der Waals surface area contributed by atoms with E-state index < -0.39 is 0 Å². The Morgan fingerprint density at radius 2 is 1.62 bits per heavy atom. The van der Waals surface area contributed by atoms with Gasteiger partial charge in [0.1, 0.15) is 0 Å². The van der Waals surface area contributed by atoms with Crippen LogP contribution in [-0.4, -0.2) is 24.0 Å². The molecule has 1 heterocycles. The van der Waals surface area contributed by atoms with Crippen molar-refractivity contribution in [3.8, 4) is 0 Å². The van der Waals surface area contributed by atoms with E-state index in [2.05, 4.69) is 25.7 Å². The van der Waals surface area contributed by atoms with Crippen LogP contribution < -0.4 is 0 Å². The topological polar surface area (TPSA) is 3.01 Å². The smallest absolute Gasteiger partial charge is 0.0113 e. The highest BCUT2D eigenvalue weighted by Crippen LogP contribution is 2.16. The molecular weight excluding hydrogens is 98.1 g/mol. The second-order valence-corrected chi connectivity index (χ2v) is 3.02. The second kappa shape index (κ2) is 2.06. The summed E-state index contributed by atoms with van der Waals surface area (Å²) in [5.41, 5.74) is 0. The summed E-state index contributed by atoms with van der Waals surface area (Å²) in [6.45, 7) is 9.53. The third-order valence-corrected chi connectivity index (χ3v) is 2.02. The summed E-state index contributed by atoms with van der Waals surface area (Å²) in [5.74, 6) is 0.831. The zero-order chi connectivity index (χ0) is 6.15. The van der Waals surface area contributed by atoms with E-state index in [-0.39, 0.29) is 0 Å². The molecule has 0 N–H and O–H groups in total. The lowest BCUT2D eigenvalue weighted by Crippen LogP contribution is -2.20. The monoisotopic (exact) mass is 113 g/mol. The highest BCUT2D eigenvalue weighted by molar-refractivity contribution is 4.80. The van der Waals surface area contributed by atoms with Crippen molar-refractivity contribution in [2.45, 2.75) is 26.8 Å². The number of hydrogen-bond acceptors (Lipinski definition) is 1. The van der Waals surface area contributed by atoms with Crippen molar-refractivity contribution in [3.05, 3.63) is 0 Å². The van der Waals surface area contributed by atoms with E-state index in [1.54, 1.807) is 0 Å². The summed E-state index contributed by atoms with van der Waals surface area (Å²) in [6, 6.07) is 0.815. The van der Waals surface area contributed by atoms with Crippen LogP contribution in [0.5, 0.6) is 0 Å². The van der Waals surface area contributed by atoms with Crippen molar-refractivity contribution in [3.63, 3.8) is 0 Å². The molecule has 8 heavy (non-hydrogen) atoms. The van der Waals surface area contributed by atoms with Crippen LogP contribution >= 0.6 is 0 Å². The Labute approximate surface area is 51.7 Å². The fourth-order valence-corrected chi connectivity index (χ4v) is 0.887. The van der Waals surface area contributed by atoms with E-state index in [9.17, 15) is 0 Å². The van der Waals surface area contributed by atoms with Crippen LogP contribution in [0.15, 0.2) is 0 Å². The Balaban J connectivity index is 2.22. The predicted octanol–water partition coefficient (Wildman–Crippen LogP) is 1.35. The highest BCUT2D eigenvalue weighted by atomic mass is 15.3. The van der Waals surface area contributed by atoms with Crippen molar-refractivity contribution in [1.29, 1.82) is 0 Å². The van der Waals surface area contributed by atoms with Gasteiger partial charge in [-0.05, 0) is 12.8 Å². The highest BCUT2D eigenvalue weighted by Gasteiger charge is 2.25. The second-order valence-electron chi connectivity index (χ2n) is 3.02. The summed E-state index contributed by atoms with van der Waals surface area (Å²) < 4.78 is 0. The molecule has 1 aliphatic rings. The minimum Gasteiger partial charge on any atom is -0.298 e. The van der Waals surface area contributed by atoms with Crippen molar-refractivity contribution in [1.82, 2.24) is 4.90 Å². The van der Waals surface area contributed by atoms with Crippen LogP contribution in [0.4, 0.5) is 0 Å². The van der Waals surface area contributed by atoms with Gasteiger partial charge in [0.15, 0.2) is 0 Å². The molecule has 1 unspecified atom stereocenters. The first kappa shape index (κ1) is 6.09. The molecule has 0 aromatic rings. The van der Waals surface area contributed by atoms with Crippen molar-refractivity contribution >= 4 is 0 Å². The Hall–Kier alpha value is -0.0400. The SMILES string of the molecule is CC(C)C(C)N1CC1. The average molecular weight is 113 g/mol. The molecule has 0 bridgehead atoms. The molecule has 0 saturated carbocycles. The van der Waals surface area contributed by atoms with Gasteiger partial charge in [0.25, 0.3) is 0 Å². The maximum atomic E-state index is 2.49. The molecule has 0 aromatic carbocycles. The van der Waals surface area contributed by atoms with E-state index in [1.165, 1.54) is 13.1 Å². The van der Waals surface area contributed by atoms with Gasteiger partial charge in [-0.25, -0.2) is 0 Å². The van der Waals surface area contributed by atoms with Gasteiger partial charge in [-0.3, -0.25) is 4.90 Å². The van der Waals surface area contributed by atoms with Crippen LogP contribution in [0.1, 0.15) is 20.8 Å². The van der Waals surface area contributed by atoms with Crippen molar-refractivity contribution in [2.24, 2.45) is 5.92 Å². The zero-order valence-electron chi connectivity index (χ0n) is 6.02. The summed E-state index contributed by atoms with van der Waals surface area (Å²) in [6.07, 6.45) is 0. The molecule has 0 amide bonds. The first-order valence-corrected chi connectivity index (χ1v) is 3.46. The summed E-state index contributed by atoms with van der Waals surface area (Å²) in [5, 5.41) is 0. The Morgan fingerprint density at radius 1 is 1.12 bits per heavy atom. The lowest BCUT2D eigenvalue weighted by molar-refractivity contribution is 0.335. The maximum absolute atomic E-state index is 2.49. The lowest BCUT2D eigenvalue weighted by atomic mass is 10.1. The van der Waals surface area contributed by atoms with Crippen molar-refractivity contribution in [2.75, 3.05) is 13.1 Å². The van der Waals surface area contributed by atoms with Crippen LogP contribution in [0.3, 0.4) is 0 Å². The van der Waals surface area contributed by atoms with E-state index >= 15 is 0 Å². The van der Waals surface area contributed by atoms with E-state index in [0.717, 1.165) is 12.0 Å². The summed E-state index contributed by atoms with van der Waals surface area (Å²) in [4.78, 5) is 2.49. The first-order chi connectivity index (χ1) is 3.72. The van der Waals surface area contributed by atoms with Crippen LogP contribution in [0.25, 0.3) is 0 Å².